The molecule has 0 fully saturated rings. The summed E-state index contributed by atoms with van der Waals surface area (Å²) in [4.78, 5) is 15.9. The molecule has 4 nitrogen and oxygen atoms in total. The van der Waals surface area contributed by atoms with Crippen LogP contribution in [0.2, 0.25) is 5.02 Å². The minimum absolute atomic E-state index is 0.408. The first kappa shape index (κ1) is 15.3. The maximum atomic E-state index is 11.5. The van der Waals surface area contributed by atoms with E-state index in [1.807, 2.05) is 20.9 Å². The van der Waals surface area contributed by atoms with Crippen molar-refractivity contribution in [3.63, 3.8) is 0 Å². The van der Waals surface area contributed by atoms with Gasteiger partial charge < -0.3 is 9.30 Å². The number of aryl methyl sites for hydroxylation is 1. The highest BCUT2D eigenvalue weighted by atomic mass is 35.5. The number of rotatable bonds is 3. The lowest BCUT2D eigenvalue weighted by Crippen LogP contribution is -2.00. The number of hydrogen-bond acceptors (Lipinski definition) is 3. The Balaban J connectivity index is 2.36. The lowest BCUT2D eigenvalue weighted by atomic mass is 10.2. The lowest BCUT2D eigenvalue weighted by molar-refractivity contribution is 0.0601. The first-order valence-corrected chi connectivity index (χ1v) is 6.86. The molecule has 0 amide bonds. The number of carbonyl (C=O) groups excluding carboxylic acids is 1. The van der Waals surface area contributed by atoms with Crippen LogP contribution in [0.15, 0.2) is 29.3 Å². The summed E-state index contributed by atoms with van der Waals surface area (Å²) in [6, 6.07) is 6.93. The number of nitrogens with zero attached hydrogens (tertiary/aromatic N) is 2. The average Bonchev–Trinajstić information content (AvgIpc) is 2.73. The van der Waals surface area contributed by atoms with Crippen LogP contribution in [-0.2, 0) is 11.8 Å². The standard InChI is InChI=1S/C16H17ClN2O2/c1-10-7-13(11(2)19(10)3)9-18-15-8-12(16(20)21-4)5-6-14(15)17/h5-9H,1-4H3. The van der Waals surface area contributed by atoms with Gasteiger partial charge in [-0.1, -0.05) is 11.6 Å². The number of esters is 1. The zero-order valence-electron chi connectivity index (χ0n) is 12.5. The Morgan fingerprint density at radius 1 is 1.33 bits per heavy atom. The Hall–Kier alpha value is -2.07. The average molecular weight is 305 g/mol. The van der Waals surface area contributed by atoms with Crippen molar-refractivity contribution in [1.82, 2.24) is 4.57 Å². The number of aromatic nitrogens is 1. The lowest BCUT2D eigenvalue weighted by Gasteiger charge is -2.02. The molecule has 0 N–H and O–H groups in total. The van der Waals surface area contributed by atoms with Crippen LogP contribution in [0.5, 0.6) is 0 Å². The third kappa shape index (κ3) is 3.16. The molecule has 1 heterocycles. The van der Waals surface area contributed by atoms with Gasteiger partial charge >= 0.3 is 5.97 Å². The number of hydrogen-bond donors (Lipinski definition) is 0. The van der Waals surface area contributed by atoms with E-state index in [0.717, 1.165) is 17.0 Å². The number of carbonyl (C=O) groups is 1. The third-order valence-corrected chi connectivity index (χ3v) is 3.84. The maximum Gasteiger partial charge on any atom is 0.337 e. The number of halogens is 1. The molecule has 0 saturated heterocycles. The summed E-state index contributed by atoms with van der Waals surface area (Å²) in [5.74, 6) is -0.408. The Labute approximate surface area is 129 Å². The summed E-state index contributed by atoms with van der Waals surface area (Å²) in [5.41, 5.74) is 4.27. The predicted molar refractivity (Wildman–Crippen MR) is 84.9 cm³/mol. The number of benzene rings is 1. The molecule has 5 heteroatoms. The highest BCUT2D eigenvalue weighted by Gasteiger charge is 2.09. The van der Waals surface area contributed by atoms with Gasteiger partial charge in [-0.15, -0.1) is 0 Å². The first-order chi connectivity index (χ1) is 9.93. The van der Waals surface area contributed by atoms with Crippen LogP contribution in [0.4, 0.5) is 5.69 Å². The molecular formula is C16H17ClN2O2. The normalized spacial score (nSPS) is 11.1. The molecule has 2 rings (SSSR count). The van der Waals surface area contributed by atoms with Crippen molar-refractivity contribution in [1.29, 1.82) is 0 Å². The molecule has 0 atom stereocenters. The maximum absolute atomic E-state index is 11.5. The van der Waals surface area contributed by atoms with Crippen molar-refractivity contribution in [3.8, 4) is 0 Å². The molecule has 110 valence electrons. The van der Waals surface area contributed by atoms with Crippen molar-refractivity contribution in [2.45, 2.75) is 13.8 Å². The van der Waals surface area contributed by atoms with Gasteiger partial charge in [0.15, 0.2) is 0 Å². The van der Waals surface area contributed by atoms with E-state index in [-0.39, 0.29) is 0 Å². The molecule has 0 spiro atoms. The van der Waals surface area contributed by atoms with E-state index < -0.39 is 5.97 Å². The molecule has 1 aromatic carbocycles. The van der Waals surface area contributed by atoms with Gasteiger partial charge in [0.1, 0.15) is 0 Å². The van der Waals surface area contributed by atoms with Gasteiger partial charge in [-0.25, -0.2) is 4.79 Å². The van der Waals surface area contributed by atoms with Gasteiger partial charge in [-0.3, -0.25) is 4.99 Å². The summed E-state index contributed by atoms with van der Waals surface area (Å²) in [7, 11) is 3.35. The van der Waals surface area contributed by atoms with E-state index in [1.165, 1.54) is 7.11 Å². The van der Waals surface area contributed by atoms with E-state index in [0.29, 0.717) is 16.3 Å². The monoisotopic (exact) mass is 304 g/mol. The molecule has 0 unspecified atom stereocenters. The minimum Gasteiger partial charge on any atom is -0.465 e. The Bertz CT molecular complexity index is 717. The summed E-state index contributed by atoms with van der Waals surface area (Å²) in [6.45, 7) is 4.07. The Morgan fingerprint density at radius 3 is 2.62 bits per heavy atom. The van der Waals surface area contributed by atoms with E-state index in [2.05, 4.69) is 15.6 Å². The van der Waals surface area contributed by atoms with Crippen molar-refractivity contribution in [2.75, 3.05) is 7.11 Å². The van der Waals surface area contributed by atoms with Crippen molar-refractivity contribution in [3.05, 3.63) is 51.8 Å². The fourth-order valence-electron chi connectivity index (χ4n) is 2.01. The van der Waals surface area contributed by atoms with Gasteiger partial charge in [-0.2, -0.15) is 0 Å². The molecule has 0 aliphatic heterocycles. The van der Waals surface area contributed by atoms with Crippen LogP contribution >= 0.6 is 11.6 Å². The number of ether oxygens (including phenoxy) is 1. The van der Waals surface area contributed by atoms with Gasteiger partial charge in [0.2, 0.25) is 0 Å². The van der Waals surface area contributed by atoms with Crippen LogP contribution in [0.1, 0.15) is 27.3 Å². The van der Waals surface area contributed by atoms with Gasteiger partial charge in [0.05, 0.1) is 23.4 Å². The topological polar surface area (TPSA) is 43.6 Å². The highest BCUT2D eigenvalue weighted by molar-refractivity contribution is 6.33. The largest absolute Gasteiger partial charge is 0.465 e. The van der Waals surface area contributed by atoms with Crippen molar-refractivity contribution >= 4 is 29.5 Å². The fraction of sp³-hybridized carbons (Fsp3) is 0.250. The summed E-state index contributed by atoms with van der Waals surface area (Å²) < 4.78 is 6.79. The second kappa shape index (κ2) is 6.14. The summed E-state index contributed by atoms with van der Waals surface area (Å²) >= 11 is 6.12. The van der Waals surface area contributed by atoms with E-state index in [4.69, 9.17) is 16.3 Å². The van der Waals surface area contributed by atoms with E-state index in [9.17, 15) is 4.79 Å². The molecule has 0 radical (unpaired) electrons. The van der Waals surface area contributed by atoms with Gasteiger partial charge in [0.25, 0.3) is 0 Å². The van der Waals surface area contributed by atoms with Crippen LogP contribution in [0.25, 0.3) is 0 Å². The first-order valence-electron chi connectivity index (χ1n) is 6.49. The predicted octanol–water partition coefficient (Wildman–Crippen LogP) is 3.83. The van der Waals surface area contributed by atoms with Crippen molar-refractivity contribution < 1.29 is 9.53 Å². The third-order valence-electron chi connectivity index (χ3n) is 3.52. The van der Waals surface area contributed by atoms with Gasteiger partial charge in [-0.05, 0) is 38.1 Å². The van der Waals surface area contributed by atoms with Gasteiger partial charge in [0, 0.05) is 30.2 Å². The van der Waals surface area contributed by atoms with Crippen molar-refractivity contribution in [2.24, 2.45) is 12.0 Å². The molecule has 1 aromatic heterocycles. The molecule has 0 aliphatic rings. The molecular weight excluding hydrogens is 288 g/mol. The minimum atomic E-state index is -0.408. The zero-order valence-corrected chi connectivity index (χ0v) is 13.2. The Kier molecular flexibility index (Phi) is 4.48. The van der Waals surface area contributed by atoms with Crippen LogP contribution < -0.4 is 0 Å². The van der Waals surface area contributed by atoms with E-state index >= 15 is 0 Å². The van der Waals surface area contributed by atoms with Crippen LogP contribution in [0, 0.1) is 13.8 Å². The SMILES string of the molecule is COC(=O)c1ccc(Cl)c(N=Cc2cc(C)n(C)c2C)c1. The number of aliphatic imine (C=N–C) groups is 1. The van der Waals surface area contributed by atoms with Crippen LogP contribution in [0.3, 0.4) is 0 Å². The van der Waals surface area contributed by atoms with Crippen LogP contribution in [-0.4, -0.2) is 23.9 Å². The summed E-state index contributed by atoms with van der Waals surface area (Å²) in [6.07, 6.45) is 1.75. The quantitative estimate of drug-likeness (QED) is 0.639. The summed E-state index contributed by atoms with van der Waals surface area (Å²) in [5, 5.41) is 0.490. The zero-order chi connectivity index (χ0) is 15.6. The molecule has 0 aliphatic carbocycles. The smallest absolute Gasteiger partial charge is 0.337 e. The second-order valence-electron chi connectivity index (χ2n) is 4.80. The molecule has 0 saturated carbocycles. The molecule has 2 aromatic rings. The molecule has 0 bridgehead atoms. The highest BCUT2D eigenvalue weighted by Crippen LogP contribution is 2.26. The molecule has 21 heavy (non-hydrogen) atoms. The van der Waals surface area contributed by atoms with E-state index in [1.54, 1.807) is 24.4 Å². The number of methoxy groups -OCH3 is 1. The fourth-order valence-corrected chi connectivity index (χ4v) is 2.18. The Morgan fingerprint density at radius 2 is 2.05 bits per heavy atom. The second-order valence-corrected chi connectivity index (χ2v) is 5.21.